The van der Waals surface area contributed by atoms with Gasteiger partial charge >= 0.3 is 5.97 Å². The van der Waals surface area contributed by atoms with Crippen LogP contribution in [0.3, 0.4) is 0 Å². The van der Waals surface area contributed by atoms with E-state index in [1.807, 2.05) is 20.8 Å². The molecule has 108 valence electrons. The number of carbonyl (C=O) groups is 2. The quantitative estimate of drug-likeness (QED) is 0.853. The van der Waals surface area contributed by atoms with E-state index >= 15 is 0 Å². The minimum atomic E-state index is -0.921. The molecule has 2 fully saturated rings. The monoisotopic (exact) mass is 287 g/mol. The fraction of sp³-hybridized carbons (Fsp3) is 0.846. The van der Waals surface area contributed by atoms with Gasteiger partial charge < -0.3 is 14.7 Å². The highest BCUT2D eigenvalue weighted by atomic mass is 32.2. The molecule has 0 spiro atoms. The van der Waals surface area contributed by atoms with E-state index in [1.54, 1.807) is 16.7 Å². The lowest BCUT2D eigenvalue weighted by atomic mass is 10.1. The summed E-state index contributed by atoms with van der Waals surface area (Å²) in [5.41, 5.74) is 0. The molecule has 4 unspecified atom stereocenters. The zero-order valence-electron chi connectivity index (χ0n) is 11.5. The van der Waals surface area contributed by atoms with E-state index in [0.29, 0.717) is 12.2 Å². The van der Waals surface area contributed by atoms with Gasteiger partial charge in [0.05, 0.1) is 11.5 Å². The molecule has 2 aliphatic heterocycles. The number of thioether (sulfide) groups is 1. The first-order valence-corrected chi connectivity index (χ1v) is 7.78. The number of ether oxygens (including phenoxy) is 1. The summed E-state index contributed by atoms with van der Waals surface area (Å²) in [5, 5.41) is 9.22. The van der Waals surface area contributed by atoms with Crippen LogP contribution >= 0.6 is 11.8 Å². The van der Waals surface area contributed by atoms with Crippen LogP contribution in [0.2, 0.25) is 0 Å². The number of rotatable bonds is 3. The number of carbonyl (C=O) groups excluding carboxylic acids is 1. The maximum absolute atomic E-state index is 12.5. The zero-order chi connectivity index (χ0) is 14.2. The summed E-state index contributed by atoms with van der Waals surface area (Å²) in [4.78, 5) is 25.4. The maximum atomic E-state index is 12.5. The van der Waals surface area contributed by atoms with Gasteiger partial charge in [-0.15, -0.1) is 11.8 Å². The Hall–Kier alpha value is -0.750. The number of amides is 1. The van der Waals surface area contributed by atoms with Crippen LogP contribution in [0.25, 0.3) is 0 Å². The molecule has 0 aromatic rings. The van der Waals surface area contributed by atoms with Crippen LogP contribution in [0.15, 0.2) is 0 Å². The van der Waals surface area contributed by atoms with Crippen LogP contribution in [0, 0.1) is 5.92 Å². The number of carboxylic acid groups (broad SMARTS) is 1. The van der Waals surface area contributed by atoms with Crippen molar-refractivity contribution in [3.63, 3.8) is 0 Å². The molecule has 0 aromatic heterocycles. The summed E-state index contributed by atoms with van der Waals surface area (Å²) in [6, 6.07) is -0.718. The molecule has 2 rings (SSSR count). The van der Waals surface area contributed by atoms with E-state index in [1.165, 1.54) is 0 Å². The highest BCUT2D eigenvalue weighted by Gasteiger charge is 2.46. The molecular weight excluding hydrogens is 266 g/mol. The van der Waals surface area contributed by atoms with Gasteiger partial charge in [0, 0.05) is 5.75 Å². The zero-order valence-corrected chi connectivity index (χ0v) is 12.4. The standard InChI is InChI=1S/C13H21NO4S/c1-7(2)12-14(9(6-19-12)13(16)17)11(15)10-5-4-8(3)18-10/h7-10,12H,4-6H2,1-3H3,(H,16,17). The predicted octanol–water partition coefficient (Wildman–Crippen LogP) is 1.56. The molecule has 1 amide bonds. The van der Waals surface area contributed by atoms with Crippen LogP contribution in [-0.4, -0.2) is 51.3 Å². The van der Waals surface area contributed by atoms with Crippen molar-refractivity contribution in [3.8, 4) is 0 Å². The Balaban J connectivity index is 2.16. The van der Waals surface area contributed by atoms with E-state index in [-0.39, 0.29) is 23.3 Å². The molecule has 0 aliphatic carbocycles. The van der Waals surface area contributed by atoms with Crippen molar-refractivity contribution in [1.82, 2.24) is 4.90 Å². The van der Waals surface area contributed by atoms with Crippen molar-refractivity contribution in [3.05, 3.63) is 0 Å². The largest absolute Gasteiger partial charge is 0.480 e. The minimum absolute atomic E-state index is 0.0619. The predicted molar refractivity (Wildman–Crippen MR) is 72.9 cm³/mol. The highest BCUT2D eigenvalue weighted by molar-refractivity contribution is 8.00. The molecule has 2 heterocycles. The van der Waals surface area contributed by atoms with Gasteiger partial charge in [0.25, 0.3) is 5.91 Å². The fourth-order valence-corrected chi connectivity index (χ4v) is 4.14. The molecule has 19 heavy (non-hydrogen) atoms. The molecule has 2 saturated heterocycles. The number of carboxylic acids is 1. The SMILES string of the molecule is CC1CCC(C(=O)N2C(C(=O)O)CSC2C(C)C)O1. The molecule has 2 aliphatic rings. The summed E-state index contributed by atoms with van der Waals surface area (Å²) in [5.74, 6) is -0.376. The summed E-state index contributed by atoms with van der Waals surface area (Å²) in [6.07, 6.45) is 1.18. The first-order chi connectivity index (χ1) is 8.91. The second-order valence-electron chi connectivity index (χ2n) is 5.58. The number of hydrogen-bond donors (Lipinski definition) is 1. The van der Waals surface area contributed by atoms with Gasteiger partial charge in [-0.2, -0.15) is 0 Å². The second-order valence-corrected chi connectivity index (χ2v) is 6.73. The first kappa shape index (κ1) is 14.7. The van der Waals surface area contributed by atoms with Gasteiger partial charge in [-0.3, -0.25) is 4.79 Å². The number of nitrogens with zero attached hydrogens (tertiary/aromatic N) is 1. The van der Waals surface area contributed by atoms with Gasteiger partial charge in [-0.05, 0) is 25.7 Å². The van der Waals surface area contributed by atoms with Crippen molar-refractivity contribution in [2.75, 3.05) is 5.75 Å². The minimum Gasteiger partial charge on any atom is -0.480 e. The molecule has 0 radical (unpaired) electrons. The average molecular weight is 287 g/mol. The maximum Gasteiger partial charge on any atom is 0.327 e. The molecule has 0 aromatic carbocycles. The van der Waals surface area contributed by atoms with Crippen molar-refractivity contribution in [2.24, 2.45) is 5.92 Å². The van der Waals surface area contributed by atoms with Gasteiger partial charge in [0.1, 0.15) is 12.1 Å². The average Bonchev–Trinajstić information content (AvgIpc) is 2.93. The molecule has 4 atom stereocenters. The lowest BCUT2D eigenvalue weighted by molar-refractivity contribution is -0.155. The van der Waals surface area contributed by atoms with Crippen LogP contribution in [0.5, 0.6) is 0 Å². The van der Waals surface area contributed by atoms with Crippen LogP contribution in [0.4, 0.5) is 0 Å². The molecule has 0 saturated carbocycles. The molecule has 6 heteroatoms. The Kier molecular flexibility index (Phi) is 4.40. The number of aliphatic carboxylic acids is 1. The van der Waals surface area contributed by atoms with E-state index in [0.717, 1.165) is 6.42 Å². The highest BCUT2D eigenvalue weighted by Crippen LogP contribution is 2.36. The smallest absolute Gasteiger partial charge is 0.327 e. The lowest BCUT2D eigenvalue weighted by Crippen LogP contribution is -2.50. The summed E-state index contributed by atoms with van der Waals surface area (Å²) in [7, 11) is 0. The Morgan fingerprint density at radius 2 is 2.05 bits per heavy atom. The van der Waals surface area contributed by atoms with Crippen molar-refractivity contribution >= 4 is 23.6 Å². The third kappa shape index (κ3) is 2.89. The third-order valence-electron chi connectivity index (χ3n) is 3.65. The topological polar surface area (TPSA) is 66.8 Å². The molecule has 0 bridgehead atoms. The Morgan fingerprint density at radius 3 is 2.53 bits per heavy atom. The first-order valence-electron chi connectivity index (χ1n) is 6.74. The van der Waals surface area contributed by atoms with Gasteiger partial charge in [-0.25, -0.2) is 4.79 Å². The normalized spacial score (nSPS) is 35.1. The van der Waals surface area contributed by atoms with Gasteiger partial charge in [0.15, 0.2) is 0 Å². The Morgan fingerprint density at radius 1 is 1.37 bits per heavy atom. The molecule has 1 N–H and O–H groups in total. The molecular formula is C13H21NO4S. The van der Waals surface area contributed by atoms with E-state index in [9.17, 15) is 14.7 Å². The van der Waals surface area contributed by atoms with Crippen molar-refractivity contribution < 1.29 is 19.4 Å². The van der Waals surface area contributed by atoms with Gasteiger partial charge in [0.2, 0.25) is 0 Å². The molecule has 5 nitrogen and oxygen atoms in total. The van der Waals surface area contributed by atoms with E-state index in [2.05, 4.69) is 0 Å². The van der Waals surface area contributed by atoms with E-state index in [4.69, 9.17) is 4.74 Å². The second kappa shape index (κ2) is 5.71. The van der Waals surface area contributed by atoms with Crippen molar-refractivity contribution in [1.29, 1.82) is 0 Å². The Labute approximate surface area is 117 Å². The summed E-state index contributed by atoms with van der Waals surface area (Å²) < 4.78 is 5.60. The van der Waals surface area contributed by atoms with Gasteiger partial charge in [-0.1, -0.05) is 13.8 Å². The van der Waals surface area contributed by atoms with Crippen LogP contribution in [-0.2, 0) is 14.3 Å². The van der Waals surface area contributed by atoms with E-state index < -0.39 is 18.1 Å². The fourth-order valence-electron chi connectivity index (χ4n) is 2.66. The summed E-state index contributed by atoms with van der Waals surface area (Å²) >= 11 is 1.55. The van der Waals surface area contributed by atoms with Crippen LogP contribution < -0.4 is 0 Å². The third-order valence-corrected chi connectivity index (χ3v) is 5.27. The summed E-state index contributed by atoms with van der Waals surface area (Å²) in [6.45, 7) is 5.97. The van der Waals surface area contributed by atoms with Crippen LogP contribution in [0.1, 0.15) is 33.6 Å². The van der Waals surface area contributed by atoms with Crippen molar-refractivity contribution in [2.45, 2.75) is 57.2 Å². The lowest BCUT2D eigenvalue weighted by Gasteiger charge is -2.31. The Bertz CT molecular complexity index is 374. The number of hydrogen-bond acceptors (Lipinski definition) is 4.